The lowest BCUT2D eigenvalue weighted by atomic mass is 10.1. The first kappa shape index (κ1) is 18.5. The Balaban J connectivity index is 1.77. The van der Waals surface area contributed by atoms with Gasteiger partial charge in [-0.05, 0) is 18.9 Å². The molecular formula is C19H22N2O4S. The Morgan fingerprint density at radius 2 is 2.08 bits per heavy atom. The van der Waals surface area contributed by atoms with Crippen LogP contribution in [0.1, 0.15) is 34.3 Å². The van der Waals surface area contributed by atoms with Gasteiger partial charge in [0.15, 0.2) is 0 Å². The zero-order valence-electron chi connectivity index (χ0n) is 14.9. The van der Waals surface area contributed by atoms with Crippen molar-refractivity contribution in [1.29, 1.82) is 0 Å². The topological polar surface area (TPSA) is 79.7 Å². The zero-order chi connectivity index (χ0) is 18.7. The number of ether oxygens (including phenoxy) is 1. The molecule has 1 aliphatic heterocycles. The molecule has 0 radical (unpaired) electrons. The Labute approximate surface area is 156 Å². The van der Waals surface area contributed by atoms with E-state index in [-0.39, 0.29) is 12.3 Å². The molecule has 7 heteroatoms. The summed E-state index contributed by atoms with van der Waals surface area (Å²) in [5, 5.41) is 9.75. The van der Waals surface area contributed by atoms with Gasteiger partial charge in [0.1, 0.15) is 9.88 Å². The summed E-state index contributed by atoms with van der Waals surface area (Å²) in [6.07, 6.45) is 0.426. The van der Waals surface area contributed by atoms with E-state index in [2.05, 4.69) is 24.0 Å². The van der Waals surface area contributed by atoms with E-state index >= 15 is 0 Å². The smallest absolute Gasteiger partial charge is 0.306 e. The lowest BCUT2D eigenvalue weighted by molar-refractivity contribution is -0.141. The van der Waals surface area contributed by atoms with Crippen LogP contribution in [0.5, 0.6) is 0 Å². The Morgan fingerprint density at radius 3 is 2.73 bits per heavy atom. The van der Waals surface area contributed by atoms with Crippen molar-refractivity contribution in [3.05, 3.63) is 40.4 Å². The summed E-state index contributed by atoms with van der Waals surface area (Å²) in [4.78, 5) is 30.6. The van der Waals surface area contributed by atoms with E-state index in [1.54, 1.807) is 4.90 Å². The number of aromatic nitrogens is 1. The monoisotopic (exact) mass is 374 g/mol. The quantitative estimate of drug-likeness (QED) is 0.870. The maximum Gasteiger partial charge on any atom is 0.306 e. The van der Waals surface area contributed by atoms with Crippen LogP contribution in [0.15, 0.2) is 24.3 Å². The zero-order valence-corrected chi connectivity index (χ0v) is 15.7. The van der Waals surface area contributed by atoms with Crippen LogP contribution in [-0.2, 0) is 16.0 Å². The normalized spacial score (nSPS) is 17.3. The first-order valence-electron chi connectivity index (χ1n) is 8.67. The van der Waals surface area contributed by atoms with Gasteiger partial charge in [-0.1, -0.05) is 31.2 Å². The third kappa shape index (κ3) is 4.11. The van der Waals surface area contributed by atoms with Crippen molar-refractivity contribution in [2.75, 3.05) is 19.7 Å². The number of nitrogens with zero attached hydrogens (tertiary/aromatic N) is 2. The molecule has 3 rings (SSSR count). The molecule has 1 N–H and O–H groups in total. The molecule has 1 saturated heterocycles. The average Bonchev–Trinajstić information content (AvgIpc) is 3.02. The number of carbonyl (C=O) groups is 2. The summed E-state index contributed by atoms with van der Waals surface area (Å²) in [5.74, 6) is -1.02. The van der Waals surface area contributed by atoms with Crippen molar-refractivity contribution < 1.29 is 19.4 Å². The summed E-state index contributed by atoms with van der Waals surface area (Å²) in [6, 6.07) is 8.21. The Kier molecular flexibility index (Phi) is 5.68. The molecule has 2 aromatic rings. The highest BCUT2D eigenvalue weighted by molar-refractivity contribution is 7.17. The summed E-state index contributed by atoms with van der Waals surface area (Å²) in [7, 11) is 0. The molecule has 0 spiro atoms. The minimum Gasteiger partial charge on any atom is -0.481 e. The second kappa shape index (κ2) is 7.97. The second-order valence-electron chi connectivity index (χ2n) is 6.33. The highest BCUT2D eigenvalue weighted by atomic mass is 32.1. The standard InChI is InChI=1S/C19H22N2O4S/c1-3-13-4-6-14(7-5-13)18-20-12(2)17(26-18)19(24)21-8-9-25-15(11-21)10-16(22)23/h4-7,15H,3,8-11H2,1-2H3,(H,22,23). The SMILES string of the molecule is CCc1ccc(-c2nc(C)c(C(=O)N3CCOC(CC(=O)O)C3)s2)cc1. The van der Waals surface area contributed by atoms with E-state index in [4.69, 9.17) is 9.84 Å². The minimum atomic E-state index is -0.920. The van der Waals surface area contributed by atoms with Crippen LogP contribution in [0.2, 0.25) is 0 Å². The number of thiazole rings is 1. The van der Waals surface area contributed by atoms with Crippen LogP contribution in [0.4, 0.5) is 0 Å². The fourth-order valence-corrected chi connectivity index (χ4v) is 4.01. The van der Waals surface area contributed by atoms with Crippen molar-refractivity contribution >= 4 is 23.2 Å². The predicted octanol–water partition coefficient (Wildman–Crippen LogP) is 3.00. The molecule has 0 aliphatic carbocycles. The number of morpholine rings is 1. The number of aliphatic carboxylic acids is 1. The highest BCUT2D eigenvalue weighted by Crippen LogP contribution is 2.29. The molecule has 1 aliphatic rings. The molecule has 1 aromatic carbocycles. The van der Waals surface area contributed by atoms with Gasteiger partial charge in [-0.3, -0.25) is 9.59 Å². The highest BCUT2D eigenvalue weighted by Gasteiger charge is 2.28. The largest absolute Gasteiger partial charge is 0.481 e. The molecule has 0 saturated carbocycles. The third-order valence-corrected chi connectivity index (χ3v) is 5.62. The number of amides is 1. The Morgan fingerprint density at radius 1 is 1.35 bits per heavy atom. The van der Waals surface area contributed by atoms with Gasteiger partial charge in [0, 0.05) is 18.7 Å². The van der Waals surface area contributed by atoms with Gasteiger partial charge in [0.25, 0.3) is 5.91 Å². The van der Waals surface area contributed by atoms with Gasteiger partial charge in [-0.2, -0.15) is 0 Å². The van der Waals surface area contributed by atoms with E-state index in [1.165, 1.54) is 16.9 Å². The molecule has 2 heterocycles. The van der Waals surface area contributed by atoms with Gasteiger partial charge < -0.3 is 14.7 Å². The van der Waals surface area contributed by atoms with Gasteiger partial charge in [-0.15, -0.1) is 11.3 Å². The van der Waals surface area contributed by atoms with Gasteiger partial charge in [-0.25, -0.2) is 4.98 Å². The fraction of sp³-hybridized carbons (Fsp3) is 0.421. The molecule has 1 atom stereocenters. The van der Waals surface area contributed by atoms with Crippen molar-refractivity contribution in [2.24, 2.45) is 0 Å². The molecule has 26 heavy (non-hydrogen) atoms. The Hall–Kier alpha value is -2.25. The van der Waals surface area contributed by atoms with E-state index in [1.807, 2.05) is 19.1 Å². The molecule has 6 nitrogen and oxygen atoms in total. The molecule has 138 valence electrons. The number of benzene rings is 1. The van der Waals surface area contributed by atoms with Crippen molar-refractivity contribution in [3.8, 4) is 10.6 Å². The minimum absolute atomic E-state index is 0.0967. The van der Waals surface area contributed by atoms with Crippen molar-refractivity contribution in [3.63, 3.8) is 0 Å². The molecule has 1 aromatic heterocycles. The van der Waals surface area contributed by atoms with E-state index in [0.29, 0.717) is 30.3 Å². The van der Waals surface area contributed by atoms with Crippen LogP contribution in [0, 0.1) is 6.92 Å². The maximum atomic E-state index is 12.9. The maximum absolute atomic E-state index is 12.9. The number of aryl methyl sites for hydroxylation is 2. The average molecular weight is 374 g/mol. The van der Waals surface area contributed by atoms with Gasteiger partial charge >= 0.3 is 5.97 Å². The molecular weight excluding hydrogens is 352 g/mol. The van der Waals surface area contributed by atoms with E-state index in [9.17, 15) is 9.59 Å². The van der Waals surface area contributed by atoms with Gasteiger partial charge in [0.05, 0.1) is 24.8 Å². The number of hydrogen-bond donors (Lipinski definition) is 1. The molecule has 1 fully saturated rings. The number of hydrogen-bond acceptors (Lipinski definition) is 5. The summed E-state index contributed by atoms with van der Waals surface area (Å²) in [5.41, 5.74) is 2.96. The van der Waals surface area contributed by atoms with E-state index in [0.717, 1.165) is 17.0 Å². The van der Waals surface area contributed by atoms with Crippen molar-refractivity contribution in [1.82, 2.24) is 9.88 Å². The van der Waals surface area contributed by atoms with Crippen molar-refractivity contribution in [2.45, 2.75) is 32.8 Å². The number of rotatable bonds is 5. The second-order valence-corrected chi connectivity index (χ2v) is 7.32. The molecule has 1 amide bonds. The summed E-state index contributed by atoms with van der Waals surface area (Å²) in [6.45, 7) is 5.06. The van der Waals surface area contributed by atoms with Crippen LogP contribution in [-0.4, -0.2) is 52.7 Å². The Bertz CT molecular complexity index is 800. The number of carboxylic acid groups (broad SMARTS) is 1. The number of carboxylic acids is 1. The molecule has 0 bridgehead atoms. The lowest BCUT2D eigenvalue weighted by Crippen LogP contribution is -2.46. The van der Waals surface area contributed by atoms with E-state index < -0.39 is 12.1 Å². The third-order valence-electron chi connectivity index (χ3n) is 4.43. The van der Waals surface area contributed by atoms with Crippen LogP contribution < -0.4 is 0 Å². The lowest BCUT2D eigenvalue weighted by Gasteiger charge is -2.32. The van der Waals surface area contributed by atoms with Crippen LogP contribution in [0.3, 0.4) is 0 Å². The summed E-state index contributed by atoms with van der Waals surface area (Å²) >= 11 is 1.38. The predicted molar refractivity (Wildman–Crippen MR) is 99.6 cm³/mol. The number of carbonyl (C=O) groups excluding carboxylic acids is 1. The first-order chi connectivity index (χ1) is 12.5. The molecule has 1 unspecified atom stereocenters. The van der Waals surface area contributed by atoms with Crippen LogP contribution >= 0.6 is 11.3 Å². The summed E-state index contributed by atoms with van der Waals surface area (Å²) < 4.78 is 5.44. The van der Waals surface area contributed by atoms with Crippen LogP contribution in [0.25, 0.3) is 10.6 Å². The fourth-order valence-electron chi connectivity index (χ4n) is 2.97. The van der Waals surface area contributed by atoms with Gasteiger partial charge in [0.2, 0.25) is 0 Å². The first-order valence-corrected chi connectivity index (χ1v) is 9.49.